The molecule has 3 aromatic carbocycles. The van der Waals surface area contributed by atoms with Crippen molar-refractivity contribution in [2.45, 2.75) is 50.8 Å². The fourth-order valence-electron chi connectivity index (χ4n) is 3.93. The molecule has 0 heterocycles. The van der Waals surface area contributed by atoms with Crippen molar-refractivity contribution in [1.82, 2.24) is 0 Å². The SMILES string of the molecule is Nc1ccc(CCCCCOC(=O)/C=C/c2ccc(OC(F)(F)c3ccc(OCCCC(F)(F)F)c(F)c3)cc2)c(N)c1. The first kappa shape index (κ1) is 33.2. The van der Waals surface area contributed by atoms with Gasteiger partial charge in [0.2, 0.25) is 0 Å². The van der Waals surface area contributed by atoms with Crippen LogP contribution in [0.3, 0.4) is 0 Å². The molecule has 0 saturated heterocycles. The Morgan fingerprint density at radius 2 is 1.58 bits per heavy atom. The number of benzene rings is 3. The summed E-state index contributed by atoms with van der Waals surface area (Å²) in [6.07, 6.45) is -3.95. The lowest BCUT2D eigenvalue weighted by molar-refractivity contribution is -0.185. The molecule has 4 N–H and O–H groups in total. The van der Waals surface area contributed by atoms with Crippen LogP contribution in [0.1, 0.15) is 48.8 Å². The Labute approximate surface area is 245 Å². The lowest BCUT2D eigenvalue weighted by Gasteiger charge is -2.19. The number of halogens is 6. The summed E-state index contributed by atoms with van der Waals surface area (Å²) in [5.74, 6) is -2.39. The Hall–Kier alpha value is -4.35. The van der Waals surface area contributed by atoms with Crippen LogP contribution in [0.2, 0.25) is 0 Å². The van der Waals surface area contributed by atoms with Crippen molar-refractivity contribution < 1.29 is 45.3 Å². The molecule has 0 spiro atoms. The maximum atomic E-state index is 14.6. The van der Waals surface area contributed by atoms with Gasteiger partial charge in [-0.2, -0.15) is 22.0 Å². The molecule has 0 radical (unpaired) electrons. The van der Waals surface area contributed by atoms with Crippen LogP contribution >= 0.6 is 0 Å². The van der Waals surface area contributed by atoms with Gasteiger partial charge in [0.15, 0.2) is 11.6 Å². The summed E-state index contributed by atoms with van der Waals surface area (Å²) in [6.45, 7) is -0.183. The van der Waals surface area contributed by atoms with E-state index < -0.39 is 54.8 Å². The highest BCUT2D eigenvalue weighted by molar-refractivity contribution is 5.87. The maximum Gasteiger partial charge on any atom is 0.426 e. The van der Waals surface area contributed by atoms with E-state index in [0.29, 0.717) is 29.4 Å². The number of nitrogen functional groups attached to an aromatic ring is 2. The first-order valence-electron chi connectivity index (χ1n) is 13.5. The first-order valence-corrected chi connectivity index (χ1v) is 13.5. The van der Waals surface area contributed by atoms with Crippen molar-refractivity contribution in [2.75, 3.05) is 24.7 Å². The smallest absolute Gasteiger partial charge is 0.426 e. The second-order valence-corrected chi connectivity index (χ2v) is 9.67. The minimum absolute atomic E-state index is 0.224. The van der Waals surface area contributed by atoms with Crippen molar-refractivity contribution >= 4 is 23.4 Å². The van der Waals surface area contributed by atoms with Gasteiger partial charge >= 0.3 is 18.3 Å². The van der Waals surface area contributed by atoms with E-state index in [-0.39, 0.29) is 12.4 Å². The molecule has 0 aliphatic heterocycles. The standard InChI is InChI=1S/C31H32F6N2O4/c32-26-19-23(10-14-28(26)41-18-4-16-30(33,34)35)31(36,37)43-25-12-6-21(7-13-25)8-15-29(40)42-17-3-1-2-5-22-9-11-24(38)20-27(22)39/h6-15,19-20H,1-5,16-18,38-39H2/b15-8+. The third-order valence-corrected chi connectivity index (χ3v) is 6.17. The van der Waals surface area contributed by atoms with Crippen molar-refractivity contribution in [2.24, 2.45) is 0 Å². The van der Waals surface area contributed by atoms with Crippen LogP contribution in [-0.4, -0.2) is 25.4 Å². The van der Waals surface area contributed by atoms with Crippen molar-refractivity contribution in [1.29, 1.82) is 0 Å². The van der Waals surface area contributed by atoms with Crippen molar-refractivity contribution in [3.63, 3.8) is 0 Å². The molecule has 3 rings (SSSR count). The fourth-order valence-corrected chi connectivity index (χ4v) is 3.93. The Balaban J connectivity index is 1.40. The highest BCUT2D eigenvalue weighted by atomic mass is 19.4. The number of ether oxygens (including phenoxy) is 3. The van der Waals surface area contributed by atoms with Crippen LogP contribution in [-0.2, 0) is 22.1 Å². The summed E-state index contributed by atoms with van der Waals surface area (Å²) < 4.78 is 94.9. The van der Waals surface area contributed by atoms with Crippen LogP contribution in [0.15, 0.2) is 66.7 Å². The number of esters is 1. The number of unbranched alkanes of at least 4 members (excludes halogenated alkanes) is 2. The molecule has 6 nitrogen and oxygen atoms in total. The van der Waals surface area contributed by atoms with Gasteiger partial charge in [-0.1, -0.05) is 18.2 Å². The van der Waals surface area contributed by atoms with E-state index in [1.54, 1.807) is 12.1 Å². The predicted octanol–water partition coefficient (Wildman–Crippen LogP) is 7.81. The summed E-state index contributed by atoms with van der Waals surface area (Å²) in [7, 11) is 0. The monoisotopic (exact) mass is 610 g/mol. The topological polar surface area (TPSA) is 96.8 Å². The quantitative estimate of drug-likeness (QED) is 0.0599. The third-order valence-electron chi connectivity index (χ3n) is 6.17. The number of nitrogens with two attached hydrogens (primary N) is 2. The summed E-state index contributed by atoms with van der Waals surface area (Å²) in [5.41, 5.74) is 13.6. The van der Waals surface area contributed by atoms with E-state index >= 15 is 0 Å². The van der Waals surface area contributed by atoms with E-state index in [9.17, 15) is 31.1 Å². The largest absolute Gasteiger partial charge is 0.491 e. The van der Waals surface area contributed by atoms with Crippen LogP contribution < -0.4 is 20.9 Å². The molecule has 12 heteroatoms. The first-order chi connectivity index (χ1) is 20.3. The Bertz CT molecular complexity index is 1380. The van der Waals surface area contributed by atoms with Crippen LogP contribution in [0.4, 0.5) is 37.7 Å². The van der Waals surface area contributed by atoms with Crippen molar-refractivity contribution in [3.05, 3.63) is 89.2 Å². The Morgan fingerprint density at radius 1 is 0.837 bits per heavy atom. The van der Waals surface area contributed by atoms with Crippen LogP contribution in [0, 0.1) is 5.82 Å². The van der Waals surface area contributed by atoms with E-state index in [1.807, 2.05) is 6.07 Å². The molecule has 0 aliphatic rings. The number of aryl methyl sites for hydroxylation is 1. The number of carbonyl (C=O) groups is 1. The highest BCUT2D eigenvalue weighted by Crippen LogP contribution is 2.34. The van der Waals surface area contributed by atoms with Gasteiger partial charge in [-0.15, -0.1) is 0 Å². The molecule has 3 aromatic rings. The number of alkyl halides is 5. The van der Waals surface area contributed by atoms with Gasteiger partial charge in [-0.05, 0) is 91.8 Å². The molecular formula is C31H32F6N2O4. The number of anilines is 2. The summed E-state index contributed by atoms with van der Waals surface area (Å²) in [4.78, 5) is 12.0. The minimum atomic E-state index is -4.37. The second-order valence-electron chi connectivity index (χ2n) is 9.67. The number of carbonyl (C=O) groups excluding carboxylic acids is 1. The van der Waals surface area contributed by atoms with E-state index in [4.69, 9.17) is 25.7 Å². The second kappa shape index (κ2) is 15.2. The molecule has 0 unspecified atom stereocenters. The number of hydrogen-bond donors (Lipinski definition) is 2. The van der Waals surface area contributed by atoms with Crippen molar-refractivity contribution in [3.8, 4) is 11.5 Å². The summed E-state index contributed by atoms with van der Waals surface area (Å²) in [5, 5.41) is 0. The molecule has 0 atom stereocenters. The van der Waals surface area contributed by atoms with Crippen LogP contribution in [0.5, 0.6) is 11.5 Å². The van der Waals surface area contributed by atoms with Gasteiger partial charge in [0.05, 0.1) is 18.8 Å². The van der Waals surface area contributed by atoms with Gasteiger partial charge in [-0.3, -0.25) is 0 Å². The lowest BCUT2D eigenvalue weighted by atomic mass is 10.0. The molecule has 0 fully saturated rings. The van der Waals surface area contributed by atoms with Gasteiger partial charge in [0.25, 0.3) is 0 Å². The minimum Gasteiger partial charge on any atom is -0.491 e. The van der Waals surface area contributed by atoms with Gasteiger partial charge in [0, 0.05) is 23.9 Å². The van der Waals surface area contributed by atoms with Crippen LogP contribution in [0.25, 0.3) is 6.08 Å². The van der Waals surface area contributed by atoms with E-state index in [0.717, 1.165) is 37.0 Å². The normalized spacial score (nSPS) is 12.0. The number of rotatable bonds is 15. The lowest BCUT2D eigenvalue weighted by Crippen LogP contribution is -2.22. The zero-order valence-corrected chi connectivity index (χ0v) is 23.1. The zero-order valence-electron chi connectivity index (χ0n) is 23.1. The molecule has 0 aliphatic carbocycles. The molecular weight excluding hydrogens is 578 g/mol. The average Bonchev–Trinajstić information content (AvgIpc) is 2.93. The Kier molecular flexibility index (Phi) is 11.7. The Morgan fingerprint density at radius 3 is 2.26 bits per heavy atom. The molecule has 43 heavy (non-hydrogen) atoms. The van der Waals surface area contributed by atoms with E-state index in [2.05, 4.69) is 0 Å². The predicted molar refractivity (Wildman–Crippen MR) is 151 cm³/mol. The highest BCUT2D eigenvalue weighted by Gasteiger charge is 2.35. The maximum absolute atomic E-state index is 14.6. The number of hydrogen-bond acceptors (Lipinski definition) is 6. The molecule has 0 bridgehead atoms. The average molecular weight is 611 g/mol. The molecule has 0 amide bonds. The zero-order chi connectivity index (χ0) is 31.5. The van der Waals surface area contributed by atoms with E-state index in [1.165, 1.54) is 36.4 Å². The molecule has 0 saturated carbocycles. The fraction of sp³-hybridized carbons (Fsp3) is 0.323. The van der Waals surface area contributed by atoms with Gasteiger partial charge in [-0.25, -0.2) is 9.18 Å². The van der Waals surface area contributed by atoms with Gasteiger partial charge in [0.1, 0.15) is 5.75 Å². The third kappa shape index (κ3) is 11.4. The molecule has 232 valence electrons. The summed E-state index contributed by atoms with van der Waals surface area (Å²) >= 11 is 0. The molecule has 0 aromatic heterocycles. The van der Waals surface area contributed by atoms with Gasteiger partial charge < -0.3 is 25.7 Å². The summed E-state index contributed by atoms with van der Waals surface area (Å²) in [6, 6.07) is 13.1.